The van der Waals surface area contributed by atoms with Crippen LogP contribution in [0.25, 0.3) is 0 Å². The first-order valence-electron chi connectivity index (χ1n) is 4.43. The lowest BCUT2D eigenvalue weighted by Gasteiger charge is -2.59. The Morgan fingerprint density at radius 1 is 1.60 bits per heavy atom. The largest absolute Gasteiger partial charge is 0.374 e. The highest BCUT2D eigenvalue weighted by Crippen LogP contribution is 2.53. The summed E-state index contributed by atoms with van der Waals surface area (Å²) in [5.41, 5.74) is 0.370. The number of rotatable bonds is 1. The number of hydrogen-bond donors (Lipinski definition) is 0. The zero-order valence-corrected chi connectivity index (χ0v) is 6.89. The van der Waals surface area contributed by atoms with Gasteiger partial charge in [0.25, 0.3) is 0 Å². The lowest BCUT2D eigenvalue weighted by Crippen LogP contribution is -2.63. The van der Waals surface area contributed by atoms with Gasteiger partial charge in [-0.05, 0) is 25.2 Å². The van der Waals surface area contributed by atoms with Crippen molar-refractivity contribution in [3.8, 4) is 0 Å². The highest BCUT2D eigenvalue weighted by molar-refractivity contribution is 5.05. The molecule has 0 bridgehead atoms. The fraction of sp³-hybridized carbons (Fsp3) is 1.00. The molecule has 0 aromatic heterocycles. The molecule has 1 heteroatoms. The molecule has 1 saturated carbocycles. The second-order valence-electron chi connectivity index (χ2n) is 3.81. The maximum atomic E-state index is 5.67. The fourth-order valence-electron chi connectivity index (χ4n) is 2.42. The summed E-state index contributed by atoms with van der Waals surface area (Å²) >= 11 is 0. The minimum absolute atomic E-state index is 0.370. The minimum Gasteiger partial charge on any atom is -0.374 e. The van der Waals surface area contributed by atoms with Crippen molar-refractivity contribution in [1.82, 2.24) is 0 Å². The molecule has 2 rings (SSSR count). The summed E-state index contributed by atoms with van der Waals surface area (Å²) < 4.78 is 5.67. The first kappa shape index (κ1) is 6.66. The van der Waals surface area contributed by atoms with Crippen LogP contribution in [0.2, 0.25) is 0 Å². The van der Waals surface area contributed by atoms with Gasteiger partial charge in [0, 0.05) is 5.92 Å². The molecule has 0 aromatic carbocycles. The molecule has 2 fully saturated rings. The standard InChI is InChI=1S/C9H16O/c1-3-8-6-10-9(8)5-4-7(9)2/h7-8H,3-6H2,1-2H3. The van der Waals surface area contributed by atoms with E-state index in [9.17, 15) is 0 Å². The van der Waals surface area contributed by atoms with Crippen molar-refractivity contribution in [2.75, 3.05) is 6.61 Å². The molecule has 0 aromatic rings. The van der Waals surface area contributed by atoms with Crippen molar-refractivity contribution in [3.05, 3.63) is 0 Å². The van der Waals surface area contributed by atoms with Gasteiger partial charge < -0.3 is 4.74 Å². The van der Waals surface area contributed by atoms with E-state index in [1.54, 1.807) is 0 Å². The third kappa shape index (κ3) is 0.572. The Bertz CT molecular complexity index is 138. The quantitative estimate of drug-likeness (QED) is 0.542. The SMILES string of the molecule is CCC1COC12CCC2C. The van der Waals surface area contributed by atoms with Gasteiger partial charge in [0.2, 0.25) is 0 Å². The van der Waals surface area contributed by atoms with E-state index in [0.717, 1.165) is 18.4 Å². The summed E-state index contributed by atoms with van der Waals surface area (Å²) in [7, 11) is 0. The summed E-state index contributed by atoms with van der Waals surface area (Å²) in [4.78, 5) is 0. The van der Waals surface area contributed by atoms with Crippen molar-refractivity contribution in [3.63, 3.8) is 0 Å². The van der Waals surface area contributed by atoms with Crippen LogP contribution in [0.5, 0.6) is 0 Å². The van der Waals surface area contributed by atoms with Gasteiger partial charge in [0.05, 0.1) is 12.2 Å². The lowest BCUT2D eigenvalue weighted by molar-refractivity contribution is -0.273. The normalized spacial score (nSPS) is 52.2. The van der Waals surface area contributed by atoms with Gasteiger partial charge in [-0.15, -0.1) is 0 Å². The molecule has 1 aliphatic heterocycles. The van der Waals surface area contributed by atoms with E-state index >= 15 is 0 Å². The second kappa shape index (κ2) is 1.97. The molecular formula is C9H16O. The van der Waals surface area contributed by atoms with Gasteiger partial charge in [0.1, 0.15) is 0 Å². The molecule has 0 amide bonds. The molecule has 1 heterocycles. The molecule has 3 atom stereocenters. The monoisotopic (exact) mass is 140 g/mol. The minimum atomic E-state index is 0.370. The van der Waals surface area contributed by atoms with Crippen LogP contribution < -0.4 is 0 Å². The molecule has 1 saturated heterocycles. The third-order valence-electron chi connectivity index (χ3n) is 3.54. The highest BCUT2D eigenvalue weighted by atomic mass is 16.5. The van der Waals surface area contributed by atoms with Crippen LogP contribution in [0.4, 0.5) is 0 Å². The summed E-state index contributed by atoms with van der Waals surface area (Å²) in [6.07, 6.45) is 4.02. The maximum Gasteiger partial charge on any atom is 0.0758 e. The maximum absolute atomic E-state index is 5.67. The Morgan fingerprint density at radius 3 is 2.50 bits per heavy atom. The van der Waals surface area contributed by atoms with Gasteiger partial charge in [-0.2, -0.15) is 0 Å². The van der Waals surface area contributed by atoms with Crippen LogP contribution in [0.3, 0.4) is 0 Å². The number of ether oxygens (including phenoxy) is 1. The van der Waals surface area contributed by atoms with Crippen molar-refractivity contribution in [2.45, 2.75) is 38.7 Å². The van der Waals surface area contributed by atoms with E-state index in [-0.39, 0.29) is 0 Å². The predicted octanol–water partition coefficient (Wildman–Crippen LogP) is 2.21. The Labute approximate surface area is 62.8 Å². The Balaban J connectivity index is 2.03. The van der Waals surface area contributed by atoms with E-state index in [2.05, 4.69) is 13.8 Å². The molecule has 1 spiro atoms. The van der Waals surface area contributed by atoms with Gasteiger partial charge in [-0.3, -0.25) is 0 Å². The molecule has 58 valence electrons. The van der Waals surface area contributed by atoms with E-state index in [4.69, 9.17) is 4.74 Å². The smallest absolute Gasteiger partial charge is 0.0758 e. The molecule has 1 aliphatic carbocycles. The zero-order chi connectivity index (χ0) is 7.19. The van der Waals surface area contributed by atoms with Crippen molar-refractivity contribution >= 4 is 0 Å². The predicted molar refractivity (Wildman–Crippen MR) is 40.9 cm³/mol. The molecular weight excluding hydrogens is 124 g/mol. The first-order valence-corrected chi connectivity index (χ1v) is 4.43. The Hall–Kier alpha value is -0.0400. The van der Waals surface area contributed by atoms with Gasteiger partial charge in [0.15, 0.2) is 0 Å². The topological polar surface area (TPSA) is 9.23 Å². The van der Waals surface area contributed by atoms with E-state index in [1.165, 1.54) is 19.3 Å². The van der Waals surface area contributed by atoms with Gasteiger partial charge in [-0.1, -0.05) is 13.8 Å². The summed E-state index contributed by atoms with van der Waals surface area (Å²) in [5, 5.41) is 0. The van der Waals surface area contributed by atoms with E-state index < -0.39 is 0 Å². The van der Waals surface area contributed by atoms with Crippen LogP contribution in [0, 0.1) is 11.8 Å². The van der Waals surface area contributed by atoms with Gasteiger partial charge in [-0.25, -0.2) is 0 Å². The average Bonchev–Trinajstić information content (AvgIpc) is 1.84. The molecule has 10 heavy (non-hydrogen) atoms. The molecule has 1 nitrogen and oxygen atoms in total. The summed E-state index contributed by atoms with van der Waals surface area (Å²) in [6.45, 7) is 5.63. The zero-order valence-electron chi connectivity index (χ0n) is 6.89. The molecule has 0 N–H and O–H groups in total. The Morgan fingerprint density at radius 2 is 2.40 bits per heavy atom. The number of hydrogen-bond acceptors (Lipinski definition) is 1. The van der Waals surface area contributed by atoms with E-state index in [1.807, 2.05) is 0 Å². The highest BCUT2D eigenvalue weighted by Gasteiger charge is 2.56. The van der Waals surface area contributed by atoms with Crippen LogP contribution in [-0.4, -0.2) is 12.2 Å². The molecule has 0 radical (unpaired) electrons. The lowest BCUT2D eigenvalue weighted by atomic mass is 9.60. The van der Waals surface area contributed by atoms with Crippen LogP contribution in [-0.2, 0) is 4.74 Å². The van der Waals surface area contributed by atoms with Crippen LogP contribution in [0.1, 0.15) is 33.1 Å². The van der Waals surface area contributed by atoms with E-state index in [0.29, 0.717) is 5.60 Å². The summed E-state index contributed by atoms with van der Waals surface area (Å²) in [5.74, 6) is 1.72. The van der Waals surface area contributed by atoms with Crippen molar-refractivity contribution in [2.24, 2.45) is 11.8 Å². The van der Waals surface area contributed by atoms with Crippen molar-refractivity contribution in [1.29, 1.82) is 0 Å². The van der Waals surface area contributed by atoms with Crippen LogP contribution >= 0.6 is 0 Å². The molecule has 3 unspecified atom stereocenters. The third-order valence-corrected chi connectivity index (χ3v) is 3.54. The second-order valence-corrected chi connectivity index (χ2v) is 3.81. The van der Waals surface area contributed by atoms with Crippen LogP contribution in [0.15, 0.2) is 0 Å². The summed E-state index contributed by atoms with van der Waals surface area (Å²) in [6, 6.07) is 0. The van der Waals surface area contributed by atoms with Gasteiger partial charge >= 0.3 is 0 Å². The first-order chi connectivity index (χ1) is 4.79. The van der Waals surface area contributed by atoms with Crippen molar-refractivity contribution < 1.29 is 4.74 Å². The molecule has 2 aliphatic rings. The Kier molecular flexibility index (Phi) is 1.31. The average molecular weight is 140 g/mol. The fourth-order valence-corrected chi connectivity index (χ4v) is 2.42.